The van der Waals surface area contributed by atoms with E-state index in [9.17, 15) is 4.79 Å². The fraction of sp³-hybridized carbons (Fsp3) is 0.650. The summed E-state index contributed by atoms with van der Waals surface area (Å²) < 4.78 is 5.16. The molecule has 0 spiro atoms. The molecule has 2 aliphatic heterocycles. The number of methoxy groups -OCH3 is 1. The molecule has 1 N–H and O–H groups in total. The Morgan fingerprint density at radius 1 is 1.16 bits per heavy atom. The minimum Gasteiger partial charge on any atom is -0.497 e. The summed E-state index contributed by atoms with van der Waals surface area (Å²) in [7, 11) is 3.86. The first kappa shape index (κ1) is 18.2. The molecule has 1 atom stereocenters. The molecule has 2 heterocycles. The van der Waals surface area contributed by atoms with Gasteiger partial charge in [-0.2, -0.15) is 0 Å². The van der Waals surface area contributed by atoms with Gasteiger partial charge < -0.3 is 15.0 Å². The molecule has 2 aliphatic rings. The van der Waals surface area contributed by atoms with E-state index >= 15 is 0 Å². The average Bonchev–Trinajstić information content (AvgIpc) is 2.63. The lowest BCUT2D eigenvalue weighted by Crippen LogP contribution is -2.53. The van der Waals surface area contributed by atoms with Crippen LogP contribution in [0.1, 0.15) is 31.2 Å². The number of nitrogens with zero attached hydrogens (tertiary/aromatic N) is 2. The van der Waals surface area contributed by atoms with Gasteiger partial charge >= 0.3 is 0 Å². The van der Waals surface area contributed by atoms with Crippen LogP contribution < -0.4 is 10.1 Å². The SMILES string of the molecule is COc1ccc(CC(=O)NC2CCCN(C3CCN(C)CC3)C2)cc1. The van der Waals surface area contributed by atoms with Crippen molar-refractivity contribution >= 4 is 5.91 Å². The molecule has 3 rings (SSSR count). The third-order valence-electron chi connectivity index (χ3n) is 5.55. The van der Waals surface area contributed by atoms with Gasteiger partial charge in [-0.1, -0.05) is 12.1 Å². The van der Waals surface area contributed by atoms with Crippen LogP contribution in [0.25, 0.3) is 0 Å². The molecule has 0 aliphatic carbocycles. The van der Waals surface area contributed by atoms with Crippen LogP contribution in [0, 0.1) is 0 Å². The lowest BCUT2D eigenvalue weighted by molar-refractivity contribution is -0.121. The van der Waals surface area contributed by atoms with Crippen molar-refractivity contribution in [2.45, 2.75) is 44.2 Å². The van der Waals surface area contributed by atoms with Gasteiger partial charge in [-0.25, -0.2) is 0 Å². The maximum atomic E-state index is 12.4. The van der Waals surface area contributed by atoms with Crippen molar-refractivity contribution in [3.63, 3.8) is 0 Å². The Hall–Kier alpha value is -1.59. The van der Waals surface area contributed by atoms with E-state index in [0.29, 0.717) is 18.5 Å². The molecule has 0 radical (unpaired) electrons. The summed E-state index contributed by atoms with van der Waals surface area (Å²) in [5.74, 6) is 0.950. The highest BCUT2D eigenvalue weighted by Crippen LogP contribution is 2.20. The van der Waals surface area contributed by atoms with Gasteiger partial charge in [0.15, 0.2) is 0 Å². The second kappa shape index (κ2) is 8.68. The molecule has 0 saturated carbocycles. The summed E-state index contributed by atoms with van der Waals surface area (Å²) >= 11 is 0. The standard InChI is InChI=1S/C20H31N3O2/c1-22-12-9-18(10-13-22)23-11-3-4-17(15-23)21-20(24)14-16-5-7-19(25-2)8-6-16/h5-8,17-18H,3-4,9-15H2,1-2H3,(H,21,24). The van der Waals surface area contributed by atoms with Gasteiger partial charge in [-0.05, 0) is 70.1 Å². The fourth-order valence-electron chi connectivity index (χ4n) is 4.02. The van der Waals surface area contributed by atoms with Gasteiger partial charge in [-0.3, -0.25) is 9.69 Å². The number of amides is 1. The van der Waals surface area contributed by atoms with E-state index in [1.54, 1.807) is 7.11 Å². The number of carbonyl (C=O) groups excluding carboxylic acids is 1. The van der Waals surface area contributed by atoms with E-state index in [2.05, 4.69) is 22.2 Å². The maximum absolute atomic E-state index is 12.4. The largest absolute Gasteiger partial charge is 0.497 e. The first-order valence-electron chi connectivity index (χ1n) is 9.49. The van der Waals surface area contributed by atoms with E-state index < -0.39 is 0 Å². The zero-order valence-electron chi connectivity index (χ0n) is 15.5. The quantitative estimate of drug-likeness (QED) is 0.885. The minimum absolute atomic E-state index is 0.125. The summed E-state index contributed by atoms with van der Waals surface area (Å²) in [6, 6.07) is 8.72. The number of piperidine rings is 2. The second-order valence-corrected chi connectivity index (χ2v) is 7.46. The molecule has 1 unspecified atom stereocenters. The van der Waals surface area contributed by atoms with Crippen molar-refractivity contribution in [2.24, 2.45) is 0 Å². The first-order chi connectivity index (χ1) is 12.1. The average molecular weight is 345 g/mol. The maximum Gasteiger partial charge on any atom is 0.224 e. The molecule has 1 amide bonds. The number of nitrogens with one attached hydrogen (secondary N) is 1. The van der Waals surface area contributed by atoms with E-state index in [0.717, 1.165) is 24.3 Å². The van der Waals surface area contributed by atoms with Gasteiger partial charge in [0, 0.05) is 18.6 Å². The molecule has 0 bridgehead atoms. The van der Waals surface area contributed by atoms with E-state index in [4.69, 9.17) is 4.74 Å². The zero-order valence-corrected chi connectivity index (χ0v) is 15.5. The van der Waals surface area contributed by atoms with Crippen molar-refractivity contribution in [1.29, 1.82) is 0 Å². The molecule has 25 heavy (non-hydrogen) atoms. The summed E-state index contributed by atoms with van der Waals surface area (Å²) in [5.41, 5.74) is 1.03. The van der Waals surface area contributed by atoms with Gasteiger partial charge in [-0.15, -0.1) is 0 Å². The third kappa shape index (κ3) is 5.19. The Bertz CT molecular complexity index is 553. The summed E-state index contributed by atoms with van der Waals surface area (Å²) in [5, 5.41) is 3.25. The lowest BCUT2D eigenvalue weighted by atomic mass is 9.98. The molecule has 5 nitrogen and oxygen atoms in total. The Morgan fingerprint density at radius 3 is 2.56 bits per heavy atom. The van der Waals surface area contributed by atoms with Crippen LogP contribution in [0.3, 0.4) is 0 Å². The zero-order chi connectivity index (χ0) is 17.6. The van der Waals surface area contributed by atoms with Gasteiger partial charge in [0.2, 0.25) is 5.91 Å². The van der Waals surface area contributed by atoms with Crippen molar-refractivity contribution in [1.82, 2.24) is 15.1 Å². The first-order valence-corrected chi connectivity index (χ1v) is 9.49. The van der Waals surface area contributed by atoms with Crippen LogP contribution in [-0.2, 0) is 11.2 Å². The van der Waals surface area contributed by atoms with Crippen LogP contribution in [0.4, 0.5) is 0 Å². The molecule has 138 valence electrons. The summed E-state index contributed by atoms with van der Waals surface area (Å²) in [6.07, 6.45) is 5.22. The Balaban J connectivity index is 1.47. The molecule has 0 aromatic heterocycles. The van der Waals surface area contributed by atoms with Crippen LogP contribution in [0.15, 0.2) is 24.3 Å². The van der Waals surface area contributed by atoms with Crippen LogP contribution in [-0.4, -0.2) is 68.1 Å². The van der Waals surface area contributed by atoms with Crippen LogP contribution in [0.2, 0.25) is 0 Å². The van der Waals surface area contributed by atoms with Crippen molar-refractivity contribution in [3.8, 4) is 5.75 Å². The van der Waals surface area contributed by atoms with E-state index in [1.165, 1.54) is 38.9 Å². The van der Waals surface area contributed by atoms with Gasteiger partial charge in [0.25, 0.3) is 0 Å². The molecular weight excluding hydrogens is 314 g/mol. The highest BCUT2D eigenvalue weighted by atomic mass is 16.5. The summed E-state index contributed by atoms with van der Waals surface area (Å²) in [4.78, 5) is 17.4. The predicted octanol–water partition coefficient (Wildman–Crippen LogP) is 1.91. The number of carbonyl (C=O) groups is 1. The van der Waals surface area contributed by atoms with E-state index in [1.807, 2.05) is 24.3 Å². The lowest BCUT2D eigenvalue weighted by Gasteiger charge is -2.41. The Labute approximate surface area is 151 Å². The second-order valence-electron chi connectivity index (χ2n) is 7.46. The summed E-state index contributed by atoms with van der Waals surface area (Å²) in [6.45, 7) is 4.56. The molecule has 5 heteroatoms. The highest BCUT2D eigenvalue weighted by molar-refractivity contribution is 5.78. The Kier molecular flexibility index (Phi) is 6.32. The fourth-order valence-corrected chi connectivity index (χ4v) is 4.02. The predicted molar refractivity (Wildman–Crippen MR) is 100.0 cm³/mol. The third-order valence-corrected chi connectivity index (χ3v) is 5.55. The number of ether oxygens (including phenoxy) is 1. The van der Waals surface area contributed by atoms with Crippen LogP contribution in [0.5, 0.6) is 5.75 Å². The normalized spacial score (nSPS) is 23.4. The Morgan fingerprint density at radius 2 is 1.88 bits per heavy atom. The number of likely N-dealkylation sites (tertiary alicyclic amines) is 2. The smallest absolute Gasteiger partial charge is 0.224 e. The molecular formula is C20H31N3O2. The number of benzene rings is 1. The van der Waals surface area contributed by atoms with Gasteiger partial charge in [0.1, 0.15) is 5.75 Å². The van der Waals surface area contributed by atoms with Crippen molar-refractivity contribution in [2.75, 3.05) is 40.3 Å². The topological polar surface area (TPSA) is 44.8 Å². The molecule has 2 saturated heterocycles. The van der Waals surface area contributed by atoms with E-state index in [-0.39, 0.29) is 5.91 Å². The number of hydrogen-bond acceptors (Lipinski definition) is 4. The van der Waals surface area contributed by atoms with Crippen molar-refractivity contribution in [3.05, 3.63) is 29.8 Å². The highest BCUT2D eigenvalue weighted by Gasteiger charge is 2.28. The molecule has 1 aromatic carbocycles. The monoisotopic (exact) mass is 345 g/mol. The van der Waals surface area contributed by atoms with Crippen LogP contribution >= 0.6 is 0 Å². The number of rotatable bonds is 5. The van der Waals surface area contributed by atoms with Crippen molar-refractivity contribution < 1.29 is 9.53 Å². The number of hydrogen-bond donors (Lipinski definition) is 1. The molecule has 2 fully saturated rings. The molecule has 1 aromatic rings. The minimum atomic E-state index is 0.125. The van der Waals surface area contributed by atoms with Gasteiger partial charge in [0.05, 0.1) is 13.5 Å².